The minimum atomic E-state index is -0.678. The summed E-state index contributed by atoms with van der Waals surface area (Å²) in [4.78, 5) is 24.9. The normalized spacial score (nSPS) is 12.8. The molecule has 0 aliphatic heterocycles. The number of ether oxygens (including phenoxy) is 1. The zero-order chi connectivity index (χ0) is 33.8. The number of unbranched alkanes of at least 4 members (excludes halogenated alkanes) is 31. The van der Waals surface area contributed by atoms with Crippen LogP contribution in [0.15, 0.2) is 0 Å². The van der Waals surface area contributed by atoms with E-state index in [-0.39, 0.29) is 5.78 Å². The van der Waals surface area contributed by atoms with Gasteiger partial charge in [0.1, 0.15) is 6.04 Å². The van der Waals surface area contributed by atoms with Gasteiger partial charge < -0.3 is 10.5 Å². The first-order chi connectivity index (χ1) is 22.5. The van der Waals surface area contributed by atoms with Crippen LogP contribution in [0.3, 0.4) is 0 Å². The predicted molar refractivity (Wildman–Crippen MR) is 201 cm³/mol. The molecule has 0 amide bonds. The second kappa shape index (κ2) is 36.9. The predicted octanol–water partition coefficient (Wildman–Crippen LogP) is 13.5. The molecule has 0 aliphatic carbocycles. The Hall–Kier alpha value is -0.900. The van der Waals surface area contributed by atoms with E-state index < -0.39 is 18.1 Å². The fourth-order valence-electron chi connectivity index (χ4n) is 6.60. The number of hydrogen-bond donors (Lipinski definition) is 1. The van der Waals surface area contributed by atoms with Crippen LogP contribution in [0.2, 0.25) is 0 Å². The van der Waals surface area contributed by atoms with Gasteiger partial charge in [-0.2, -0.15) is 0 Å². The number of carbonyl (C=O) groups is 2. The van der Waals surface area contributed by atoms with Gasteiger partial charge in [0, 0.05) is 6.42 Å². The summed E-state index contributed by atoms with van der Waals surface area (Å²) >= 11 is 0. The highest BCUT2D eigenvalue weighted by Gasteiger charge is 2.23. The van der Waals surface area contributed by atoms with Gasteiger partial charge in [-0.3, -0.25) is 9.59 Å². The molecule has 0 spiro atoms. The van der Waals surface area contributed by atoms with Crippen LogP contribution in [-0.2, 0) is 14.3 Å². The van der Waals surface area contributed by atoms with E-state index in [0.29, 0.717) is 12.8 Å². The summed E-state index contributed by atoms with van der Waals surface area (Å²) < 4.78 is 5.53. The van der Waals surface area contributed by atoms with E-state index >= 15 is 0 Å². The number of rotatable bonds is 38. The van der Waals surface area contributed by atoms with E-state index in [1.54, 1.807) is 6.92 Å². The lowest BCUT2D eigenvalue weighted by atomic mass is 10.00. The van der Waals surface area contributed by atoms with E-state index in [1.165, 1.54) is 186 Å². The molecule has 2 atom stereocenters. The SMILES string of the molecule is CCCCCCCCCCCCCCCCCCCCCCCCCCCC(=O)C(CCCCCCCCCC)OC(=O)[C@H](C)N. The van der Waals surface area contributed by atoms with Gasteiger partial charge in [-0.25, -0.2) is 0 Å². The quantitative estimate of drug-likeness (QED) is 0.0534. The highest BCUT2D eigenvalue weighted by molar-refractivity contribution is 5.86. The number of carbonyl (C=O) groups excluding carboxylic acids is 2. The molecule has 0 aromatic heterocycles. The maximum Gasteiger partial charge on any atom is 0.323 e. The molecule has 0 saturated carbocycles. The summed E-state index contributed by atoms with van der Waals surface area (Å²) in [6, 6.07) is -0.678. The number of esters is 1. The van der Waals surface area contributed by atoms with Gasteiger partial charge in [0.2, 0.25) is 0 Å². The van der Waals surface area contributed by atoms with Crippen LogP contribution >= 0.6 is 0 Å². The molecular formula is C42H83NO3. The van der Waals surface area contributed by atoms with E-state index in [0.717, 1.165) is 25.7 Å². The Morgan fingerprint density at radius 2 is 0.696 bits per heavy atom. The Labute approximate surface area is 288 Å². The lowest BCUT2D eigenvalue weighted by Crippen LogP contribution is -2.35. The fraction of sp³-hybridized carbons (Fsp3) is 0.952. The zero-order valence-corrected chi connectivity index (χ0v) is 31.7. The minimum Gasteiger partial charge on any atom is -0.453 e. The highest BCUT2D eigenvalue weighted by atomic mass is 16.5. The van der Waals surface area contributed by atoms with Crippen LogP contribution in [0.5, 0.6) is 0 Å². The van der Waals surface area contributed by atoms with Crippen molar-refractivity contribution < 1.29 is 14.3 Å². The summed E-state index contributed by atoms with van der Waals surface area (Å²) in [7, 11) is 0. The van der Waals surface area contributed by atoms with Gasteiger partial charge in [-0.15, -0.1) is 0 Å². The van der Waals surface area contributed by atoms with Gasteiger partial charge in [-0.05, 0) is 26.2 Å². The zero-order valence-electron chi connectivity index (χ0n) is 31.7. The summed E-state index contributed by atoms with van der Waals surface area (Å²) in [5, 5.41) is 0. The molecule has 274 valence electrons. The summed E-state index contributed by atoms with van der Waals surface area (Å²) in [6.07, 6.45) is 44.7. The standard InChI is InChI=1S/C42H83NO3/c1-4-6-8-10-12-14-15-16-17-18-19-20-21-22-23-24-25-26-27-28-29-30-31-33-35-37-40(44)41(46-42(45)39(3)43)38-36-34-32-13-11-9-7-5-2/h39,41H,4-38,43H2,1-3H3/t39-,41?/m0/s1. The molecule has 0 aliphatic rings. The van der Waals surface area contributed by atoms with Crippen molar-refractivity contribution >= 4 is 11.8 Å². The number of ketones is 1. The van der Waals surface area contributed by atoms with Crippen molar-refractivity contribution in [2.45, 2.75) is 258 Å². The second-order valence-electron chi connectivity index (χ2n) is 14.7. The maximum absolute atomic E-state index is 12.9. The van der Waals surface area contributed by atoms with Crippen molar-refractivity contribution in [1.82, 2.24) is 0 Å². The molecule has 0 heterocycles. The van der Waals surface area contributed by atoms with Crippen molar-refractivity contribution in [3.63, 3.8) is 0 Å². The first kappa shape index (κ1) is 45.1. The van der Waals surface area contributed by atoms with Gasteiger partial charge in [0.05, 0.1) is 0 Å². The minimum absolute atomic E-state index is 0.0889. The largest absolute Gasteiger partial charge is 0.453 e. The molecule has 0 bridgehead atoms. The van der Waals surface area contributed by atoms with Crippen LogP contribution in [-0.4, -0.2) is 23.9 Å². The molecule has 46 heavy (non-hydrogen) atoms. The third-order valence-electron chi connectivity index (χ3n) is 9.84. The van der Waals surface area contributed by atoms with E-state index in [9.17, 15) is 9.59 Å². The average molecular weight is 650 g/mol. The molecule has 0 saturated heterocycles. The van der Waals surface area contributed by atoms with Crippen LogP contribution < -0.4 is 5.73 Å². The van der Waals surface area contributed by atoms with Crippen molar-refractivity contribution in [2.24, 2.45) is 5.73 Å². The maximum atomic E-state index is 12.9. The fourth-order valence-corrected chi connectivity index (χ4v) is 6.60. The molecule has 0 aromatic rings. The molecule has 4 heteroatoms. The number of Topliss-reactive ketones (excluding diaryl/α,β-unsaturated/α-hetero) is 1. The van der Waals surface area contributed by atoms with Crippen molar-refractivity contribution in [3.8, 4) is 0 Å². The Morgan fingerprint density at radius 1 is 0.435 bits per heavy atom. The van der Waals surface area contributed by atoms with Gasteiger partial charge in [0.15, 0.2) is 11.9 Å². The summed E-state index contributed by atoms with van der Waals surface area (Å²) in [5.41, 5.74) is 5.70. The van der Waals surface area contributed by atoms with E-state index in [1.807, 2.05) is 0 Å². The van der Waals surface area contributed by atoms with Gasteiger partial charge in [0.25, 0.3) is 0 Å². The molecule has 0 fully saturated rings. The van der Waals surface area contributed by atoms with Crippen LogP contribution in [0.25, 0.3) is 0 Å². The molecular weight excluding hydrogens is 566 g/mol. The number of nitrogens with two attached hydrogens (primary N) is 1. The Kier molecular flexibility index (Phi) is 36.2. The van der Waals surface area contributed by atoms with E-state index in [4.69, 9.17) is 10.5 Å². The van der Waals surface area contributed by atoms with Crippen LogP contribution in [0, 0.1) is 0 Å². The monoisotopic (exact) mass is 650 g/mol. The first-order valence-corrected chi connectivity index (χ1v) is 21.0. The lowest BCUT2D eigenvalue weighted by molar-refractivity contribution is -0.156. The molecule has 0 aromatic carbocycles. The average Bonchev–Trinajstić information content (AvgIpc) is 3.05. The Bertz CT molecular complexity index is 634. The molecule has 0 radical (unpaired) electrons. The van der Waals surface area contributed by atoms with Crippen LogP contribution in [0.4, 0.5) is 0 Å². The second-order valence-corrected chi connectivity index (χ2v) is 14.7. The summed E-state index contributed by atoms with van der Waals surface area (Å²) in [5.74, 6) is -0.362. The first-order valence-electron chi connectivity index (χ1n) is 21.0. The molecule has 0 rings (SSSR count). The number of hydrogen-bond acceptors (Lipinski definition) is 4. The van der Waals surface area contributed by atoms with Gasteiger partial charge in [-0.1, -0.05) is 213 Å². The van der Waals surface area contributed by atoms with Gasteiger partial charge >= 0.3 is 5.97 Å². The molecule has 4 nitrogen and oxygen atoms in total. The smallest absolute Gasteiger partial charge is 0.323 e. The molecule has 2 N–H and O–H groups in total. The van der Waals surface area contributed by atoms with E-state index in [2.05, 4.69) is 13.8 Å². The van der Waals surface area contributed by atoms with Crippen LogP contribution in [0.1, 0.15) is 245 Å². The third-order valence-corrected chi connectivity index (χ3v) is 9.84. The topological polar surface area (TPSA) is 69.4 Å². The molecule has 1 unspecified atom stereocenters. The Balaban J connectivity index is 3.58. The summed E-state index contributed by atoms with van der Waals surface area (Å²) in [6.45, 7) is 6.16. The van der Waals surface area contributed by atoms with Crippen molar-refractivity contribution in [1.29, 1.82) is 0 Å². The highest BCUT2D eigenvalue weighted by Crippen LogP contribution is 2.18. The Morgan fingerprint density at radius 3 is 0.978 bits per heavy atom. The van der Waals surface area contributed by atoms with Crippen molar-refractivity contribution in [3.05, 3.63) is 0 Å². The van der Waals surface area contributed by atoms with Crippen molar-refractivity contribution in [2.75, 3.05) is 0 Å². The lowest BCUT2D eigenvalue weighted by Gasteiger charge is -2.18. The third kappa shape index (κ3) is 33.0.